The van der Waals surface area contributed by atoms with Crippen molar-refractivity contribution in [1.82, 2.24) is 0 Å². The molecular formula is C12H16FNO3. The molecule has 0 aliphatic carbocycles. The molecule has 1 aromatic rings. The molecule has 0 saturated carbocycles. The standard InChI is InChI=1S/C12H16FNO3/c1-3-10(12(15)16-4-2)17-11-7-8(13)5-6-9(11)14/h5-7,10H,3-4,14H2,1-2H3. The molecule has 0 spiro atoms. The number of esters is 1. The van der Waals surface area contributed by atoms with E-state index in [9.17, 15) is 9.18 Å². The summed E-state index contributed by atoms with van der Waals surface area (Å²) < 4.78 is 23.2. The Morgan fingerprint density at radius 3 is 2.76 bits per heavy atom. The normalized spacial score (nSPS) is 11.9. The van der Waals surface area contributed by atoms with Gasteiger partial charge in [-0.05, 0) is 25.5 Å². The second kappa shape index (κ2) is 6.08. The van der Waals surface area contributed by atoms with E-state index in [1.165, 1.54) is 12.1 Å². The van der Waals surface area contributed by atoms with E-state index in [2.05, 4.69) is 0 Å². The Hall–Kier alpha value is -1.78. The van der Waals surface area contributed by atoms with Crippen LogP contribution in [0.3, 0.4) is 0 Å². The van der Waals surface area contributed by atoms with Gasteiger partial charge in [0.2, 0.25) is 0 Å². The van der Waals surface area contributed by atoms with Crippen LogP contribution in [-0.4, -0.2) is 18.7 Å². The molecule has 0 bridgehead atoms. The van der Waals surface area contributed by atoms with E-state index in [1.807, 2.05) is 0 Å². The number of hydrogen-bond donors (Lipinski definition) is 1. The van der Waals surface area contributed by atoms with Crippen molar-refractivity contribution in [2.24, 2.45) is 0 Å². The summed E-state index contributed by atoms with van der Waals surface area (Å²) in [6.45, 7) is 3.76. The van der Waals surface area contributed by atoms with Crippen molar-refractivity contribution in [3.8, 4) is 5.75 Å². The predicted octanol–water partition coefficient (Wildman–Crippen LogP) is 2.13. The Bertz CT molecular complexity index is 395. The molecule has 1 atom stereocenters. The Balaban J connectivity index is 2.80. The van der Waals surface area contributed by atoms with E-state index in [4.69, 9.17) is 15.2 Å². The average Bonchev–Trinajstić information content (AvgIpc) is 2.30. The van der Waals surface area contributed by atoms with Gasteiger partial charge in [0, 0.05) is 6.07 Å². The van der Waals surface area contributed by atoms with Crippen molar-refractivity contribution in [3.63, 3.8) is 0 Å². The van der Waals surface area contributed by atoms with Crippen molar-refractivity contribution < 1.29 is 18.7 Å². The molecule has 4 nitrogen and oxygen atoms in total. The first-order valence-electron chi connectivity index (χ1n) is 5.46. The van der Waals surface area contributed by atoms with Gasteiger partial charge in [-0.1, -0.05) is 6.92 Å². The summed E-state index contributed by atoms with van der Waals surface area (Å²) in [6.07, 6.45) is -0.339. The van der Waals surface area contributed by atoms with Crippen molar-refractivity contribution in [1.29, 1.82) is 0 Å². The van der Waals surface area contributed by atoms with Crippen LogP contribution in [-0.2, 0) is 9.53 Å². The molecule has 94 valence electrons. The quantitative estimate of drug-likeness (QED) is 0.633. The lowest BCUT2D eigenvalue weighted by Gasteiger charge is -2.17. The van der Waals surface area contributed by atoms with E-state index in [0.717, 1.165) is 6.07 Å². The van der Waals surface area contributed by atoms with Crippen LogP contribution in [0.25, 0.3) is 0 Å². The second-order valence-corrected chi connectivity index (χ2v) is 3.45. The third-order valence-corrected chi connectivity index (χ3v) is 2.17. The van der Waals surface area contributed by atoms with Gasteiger partial charge in [0.1, 0.15) is 11.6 Å². The molecule has 0 aliphatic rings. The average molecular weight is 241 g/mol. The Labute approximate surface area is 99.5 Å². The van der Waals surface area contributed by atoms with E-state index in [0.29, 0.717) is 6.42 Å². The maximum Gasteiger partial charge on any atom is 0.347 e. The zero-order valence-electron chi connectivity index (χ0n) is 9.90. The molecule has 0 heterocycles. The summed E-state index contributed by atoms with van der Waals surface area (Å²) >= 11 is 0. The number of nitrogens with two attached hydrogens (primary N) is 1. The zero-order valence-corrected chi connectivity index (χ0v) is 9.90. The molecule has 0 amide bonds. The fourth-order valence-electron chi connectivity index (χ4n) is 1.30. The van der Waals surface area contributed by atoms with Crippen molar-refractivity contribution in [2.75, 3.05) is 12.3 Å². The van der Waals surface area contributed by atoms with E-state index in [-0.39, 0.29) is 18.0 Å². The van der Waals surface area contributed by atoms with Crippen LogP contribution in [0, 0.1) is 5.82 Å². The number of rotatable bonds is 5. The molecule has 0 radical (unpaired) electrons. The number of halogens is 1. The first kappa shape index (κ1) is 13.3. The number of carbonyl (C=O) groups is 1. The van der Waals surface area contributed by atoms with Gasteiger partial charge in [0.05, 0.1) is 12.3 Å². The molecule has 0 saturated heterocycles. The highest BCUT2D eigenvalue weighted by Gasteiger charge is 2.20. The summed E-state index contributed by atoms with van der Waals surface area (Å²) in [7, 11) is 0. The minimum Gasteiger partial charge on any atom is -0.476 e. The van der Waals surface area contributed by atoms with Gasteiger partial charge in [0.15, 0.2) is 6.10 Å². The number of nitrogen functional groups attached to an aromatic ring is 1. The van der Waals surface area contributed by atoms with Crippen molar-refractivity contribution in [3.05, 3.63) is 24.0 Å². The molecule has 5 heteroatoms. The van der Waals surface area contributed by atoms with Crippen LogP contribution in [0.4, 0.5) is 10.1 Å². The van der Waals surface area contributed by atoms with Gasteiger partial charge in [-0.25, -0.2) is 9.18 Å². The van der Waals surface area contributed by atoms with Gasteiger partial charge in [-0.3, -0.25) is 0 Å². The number of hydrogen-bond acceptors (Lipinski definition) is 4. The Morgan fingerprint density at radius 1 is 1.47 bits per heavy atom. The number of anilines is 1. The number of ether oxygens (including phenoxy) is 2. The first-order chi connectivity index (χ1) is 8.08. The molecule has 0 aliphatic heterocycles. The largest absolute Gasteiger partial charge is 0.476 e. The second-order valence-electron chi connectivity index (χ2n) is 3.45. The highest BCUT2D eigenvalue weighted by atomic mass is 19.1. The van der Waals surface area contributed by atoms with E-state index < -0.39 is 17.9 Å². The molecule has 1 unspecified atom stereocenters. The Morgan fingerprint density at radius 2 is 2.18 bits per heavy atom. The van der Waals surface area contributed by atoms with Crippen LogP contribution >= 0.6 is 0 Å². The van der Waals surface area contributed by atoms with Crippen LogP contribution in [0.15, 0.2) is 18.2 Å². The van der Waals surface area contributed by atoms with Gasteiger partial charge in [-0.2, -0.15) is 0 Å². The van der Waals surface area contributed by atoms with E-state index in [1.54, 1.807) is 13.8 Å². The van der Waals surface area contributed by atoms with E-state index >= 15 is 0 Å². The zero-order chi connectivity index (χ0) is 12.8. The molecular weight excluding hydrogens is 225 g/mol. The summed E-state index contributed by atoms with van der Waals surface area (Å²) in [5.74, 6) is -0.781. The molecule has 2 N–H and O–H groups in total. The van der Waals surface area contributed by atoms with Crippen molar-refractivity contribution >= 4 is 11.7 Å². The maximum atomic E-state index is 13.0. The molecule has 17 heavy (non-hydrogen) atoms. The minimum atomic E-state index is -0.765. The summed E-state index contributed by atoms with van der Waals surface area (Å²) in [5, 5.41) is 0. The molecule has 1 rings (SSSR count). The smallest absolute Gasteiger partial charge is 0.347 e. The van der Waals surface area contributed by atoms with Gasteiger partial charge < -0.3 is 15.2 Å². The SMILES string of the molecule is CCOC(=O)C(CC)Oc1cc(F)ccc1N. The minimum absolute atomic E-state index is 0.157. The van der Waals surface area contributed by atoms with Crippen molar-refractivity contribution in [2.45, 2.75) is 26.4 Å². The summed E-state index contributed by atoms with van der Waals surface area (Å²) in [5.41, 5.74) is 5.91. The lowest BCUT2D eigenvalue weighted by molar-refractivity contribution is -0.151. The monoisotopic (exact) mass is 241 g/mol. The topological polar surface area (TPSA) is 61.5 Å². The fraction of sp³-hybridized carbons (Fsp3) is 0.417. The number of benzene rings is 1. The van der Waals surface area contributed by atoms with Gasteiger partial charge in [-0.15, -0.1) is 0 Å². The fourth-order valence-corrected chi connectivity index (χ4v) is 1.30. The van der Waals surface area contributed by atoms with Crippen LogP contribution in [0.1, 0.15) is 20.3 Å². The van der Waals surface area contributed by atoms with Gasteiger partial charge >= 0.3 is 5.97 Å². The maximum absolute atomic E-state index is 13.0. The summed E-state index contributed by atoms with van der Waals surface area (Å²) in [4.78, 5) is 11.5. The highest BCUT2D eigenvalue weighted by Crippen LogP contribution is 2.24. The van der Waals surface area contributed by atoms with Crippen LogP contribution in [0.2, 0.25) is 0 Å². The first-order valence-corrected chi connectivity index (χ1v) is 5.46. The lowest BCUT2D eigenvalue weighted by Crippen LogP contribution is -2.29. The molecule has 0 fully saturated rings. The third-order valence-electron chi connectivity index (χ3n) is 2.17. The Kier molecular flexibility index (Phi) is 4.75. The highest BCUT2D eigenvalue weighted by molar-refractivity contribution is 5.75. The molecule has 1 aromatic carbocycles. The summed E-state index contributed by atoms with van der Waals surface area (Å²) in [6, 6.07) is 3.77. The number of carbonyl (C=O) groups excluding carboxylic acids is 1. The third kappa shape index (κ3) is 3.62. The molecule has 0 aromatic heterocycles. The van der Waals surface area contributed by atoms with Crippen LogP contribution in [0.5, 0.6) is 5.75 Å². The predicted molar refractivity (Wildman–Crippen MR) is 62.2 cm³/mol. The lowest BCUT2D eigenvalue weighted by atomic mass is 10.2. The van der Waals surface area contributed by atoms with Crippen LogP contribution < -0.4 is 10.5 Å². The van der Waals surface area contributed by atoms with Gasteiger partial charge in [0.25, 0.3) is 0 Å².